The van der Waals surface area contributed by atoms with Crippen LogP contribution >= 0.6 is 0 Å². The van der Waals surface area contributed by atoms with Gasteiger partial charge in [0.1, 0.15) is 11.9 Å². The third-order valence-corrected chi connectivity index (χ3v) is 11.2. The second kappa shape index (κ2) is 11.0. The quantitative estimate of drug-likeness (QED) is 0.137. The average Bonchev–Trinajstić information content (AvgIpc) is 3.58. The molecule has 9 aromatic carbocycles. The van der Waals surface area contributed by atoms with E-state index in [0.717, 1.165) is 5.75 Å². The number of hydrogen-bond donors (Lipinski definition) is 0. The Morgan fingerprint density at radius 2 is 0.804 bits per heavy atom. The highest BCUT2D eigenvalue weighted by molar-refractivity contribution is 6.27. The van der Waals surface area contributed by atoms with Gasteiger partial charge in [-0.15, -0.1) is 0 Å². The molecule has 2 aliphatic rings. The molecule has 9 aromatic rings. The van der Waals surface area contributed by atoms with Crippen LogP contribution in [0, 0.1) is 0 Å². The molecule has 11 rings (SSSR count). The van der Waals surface area contributed by atoms with Gasteiger partial charge in [0, 0.05) is 11.5 Å². The summed E-state index contributed by atoms with van der Waals surface area (Å²) in [6.07, 6.45) is 8.73. The molecule has 0 fully saturated rings. The molecule has 0 amide bonds. The first-order valence-electron chi connectivity index (χ1n) is 17.8. The lowest BCUT2D eigenvalue weighted by Crippen LogP contribution is -2.15. The van der Waals surface area contributed by atoms with Crippen LogP contribution in [0.4, 0.5) is 0 Å². The molecule has 2 unspecified atom stereocenters. The molecule has 51 heavy (non-hydrogen) atoms. The Morgan fingerprint density at radius 3 is 1.43 bits per heavy atom. The molecule has 238 valence electrons. The van der Waals surface area contributed by atoms with Crippen LogP contribution in [0.2, 0.25) is 0 Å². The fourth-order valence-corrected chi connectivity index (χ4v) is 8.89. The lowest BCUT2D eigenvalue weighted by Gasteiger charge is -2.19. The molecule has 0 saturated carbocycles. The average molecular weight is 649 g/mol. The van der Waals surface area contributed by atoms with Crippen molar-refractivity contribution in [2.75, 3.05) is 0 Å². The van der Waals surface area contributed by atoms with Crippen molar-refractivity contribution >= 4 is 53.9 Å². The lowest BCUT2D eigenvalue weighted by atomic mass is 9.84. The highest BCUT2D eigenvalue weighted by atomic mass is 16.5. The Hall–Kier alpha value is -6.44. The van der Waals surface area contributed by atoms with Crippen molar-refractivity contribution in [3.05, 3.63) is 188 Å². The second-order valence-corrected chi connectivity index (χ2v) is 13.9. The first kappa shape index (κ1) is 28.4. The van der Waals surface area contributed by atoms with Crippen LogP contribution < -0.4 is 4.74 Å². The van der Waals surface area contributed by atoms with Crippen molar-refractivity contribution in [1.29, 1.82) is 0 Å². The van der Waals surface area contributed by atoms with E-state index in [9.17, 15) is 0 Å². The maximum absolute atomic E-state index is 6.26. The number of rotatable bonds is 3. The molecule has 0 radical (unpaired) electrons. The van der Waals surface area contributed by atoms with Crippen LogP contribution in [0.1, 0.15) is 11.5 Å². The summed E-state index contributed by atoms with van der Waals surface area (Å²) in [5.74, 6) is 1.25. The summed E-state index contributed by atoms with van der Waals surface area (Å²) < 4.78 is 6.26. The highest BCUT2D eigenvalue weighted by Gasteiger charge is 2.32. The van der Waals surface area contributed by atoms with Gasteiger partial charge in [-0.3, -0.25) is 0 Å². The fourth-order valence-electron chi connectivity index (χ4n) is 8.89. The Labute approximate surface area is 296 Å². The van der Waals surface area contributed by atoms with E-state index < -0.39 is 0 Å². The molecule has 2 atom stereocenters. The summed E-state index contributed by atoms with van der Waals surface area (Å²) in [5, 5.41) is 12.8. The molecular formula is C50H32O. The van der Waals surface area contributed by atoms with Gasteiger partial charge in [-0.05, 0) is 118 Å². The molecule has 0 bridgehead atoms. The summed E-state index contributed by atoms with van der Waals surface area (Å²) in [7, 11) is 0. The van der Waals surface area contributed by atoms with Crippen LogP contribution in [-0.4, -0.2) is 6.10 Å². The van der Waals surface area contributed by atoms with Gasteiger partial charge in [0.15, 0.2) is 0 Å². The van der Waals surface area contributed by atoms with Crippen molar-refractivity contribution in [1.82, 2.24) is 0 Å². The van der Waals surface area contributed by atoms with Crippen LogP contribution in [0.5, 0.6) is 5.75 Å². The molecule has 0 spiro atoms. The van der Waals surface area contributed by atoms with Crippen molar-refractivity contribution < 1.29 is 4.74 Å². The maximum atomic E-state index is 6.26. The van der Waals surface area contributed by atoms with Crippen molar-refractivity contribution in [2.24, 2.45) is 0 Å². The largest absolute Gasteiger partial charge is 0.485 e. The molecule has 1 nitrogen and oxygen atoms in total. The van der Waals surface area contributed by atoms with Crippen molar-refractivity contribution in [3.8, 4) is 39.1 Å². The summed E-state index contributed by atoms with van der Waals surface area (Å²) >= 11 is 0. The van der Waals surface area contributed by atoms with E-state index in [-0.39, 0.29) is 12.0 Å². The predicted octanol–water partition coefficient (Wildman–Crippen LogP) is 13.4. The zero-order valence-electron chi connectivity index (χ0n) is 27.9. The molecule has 1 aliphatic carbocycles. The van der Waals surface area contributed by atoms with Gasteiger partial charge in [0.2, 0.25) is 0 Å². The van der Waals surface area contributed by atoms with Gasteiger partial charge < -0.3 is 4.74 Å². The van der Waals surface area contributed by atoms with Gasteiger partial charge in [-0.2, -0.15) is 0 Å². The summed E-state index contributed by atoms with van der Waals surface area (Å²) in [6, 6.07) is 58.4. The summed E-state index contributed by atoms with van der Waals surface area (Å²) in [5.41, 5.74) is 8.69. The Balaban J connectivity index is 1.13. The van der Waals surface area contributed by atoms with E-state index in [0.29, 0.717) is 0 Å². The Morgan fingerprint density at radius 1 is 0.333 bits per heavy atom. The van der Waals surface area contributed by atoms with E-state index >= 15 is 0 Å². The summed E-state index contributed by atoms with van der Waals surface area (Å²) in [4.78, 5) is 0. The molecule has 0 aromatic heterocycles. The van der Waals surface area contributed by atoms with Gasteiger partial charge in [0.05, 0.1) is 0 Å². The lowest BCUT2D eigenvalue weighted by molar-refractivity contribution is 0.269. The minimum absolute atomic E-state index is 0.0866. The summed E-state index contributed by atoms with van der Waals surface area (Å²) in [6.45, 7) is 0. The van der Waals surface area contributed by atoms with E-state index in [2.05, 4.69) is 182 Å². The monoisotopic (exact) mass is 648 g/mol. The third kappa shape index (κ3) is 4.28. The predicted molar refractivity (Wildman–Crippen MR) is 216 cm³/mol. The standard InChI is InChI=1S/C50H32O/c1-2-16-37-35(14-1)36-15-3-4-17-38(36)45-30-34(24-26-39(37)45)50-43-21-7-5-19-41(43)49(42-20-6-8-22-44(42)50)33-13-11-12-31(28-33)32-25-27-48-46(29-32)40-18-9-10-23-47(40)51-48/h1-30,40,47H. The fraction of sp³-hybridized carbons (Fsp3) is 0.0400. The van der Waals surface area contributed by atoms with Crippen molar-refractivity contribution in [2.45, 2.75) is 12.0 Å². The SMILES string of the molecule is C1=CC2Oc3ccc(-c4cccc(-c5c6ccccc6c(-c6ccc7c8ccccc8c8ccccc8c7c6)c6ccccc56)c4)cc3C2C=C1. The zero-order chi connectivity index (χ0) is 33.5. The molecule has 0 saturated heterocycles. The number of ether oxygens (including phenoxy) is 1. The Kier molecular flexibility index (Phi) is 6.15. The van der Waals surface area contributed by atoms with Crippen LogP contribution in [0.3, 0.4) is 0 Å². The van der Waals surface area contributed by atoms with Gasteiger partial charge in [-0.1, -0.05) is 152 Å². The maximum Gasteiger partial charge on any atom is 0.128 e. The molecular weight excluding hydrogens is 617 g/mol. The molecule has 1 aliphatic heterocycles. The van der Waals surface area contributed by atoms with Gasteiger partial charge in [-0.25, -0.2) is 0 Å². The number of allylic oxidation sites excluding steroid dienone is 2. The molecule has 1 heterocycles. The zero-order valence-corrected chi connectivity index (χ0v) is 27.9. The minimum Gasteiger partial charge on any atom is -0.485 e. The van der Waals surface area contributed by atoms with Gasteiger partial charge in [0.25, 0.3) is 0 Å². The molecule has 1 heteroatoms. The second-order valence-electron chi connectivity index (χ2n) is 13.9. The van der Waals surface area contributed by atoms with Crippen LogP contribution in [0.15, 0.2) is 182 Å². The van der Waals surface area contributed by atoms with Crippen LogP contribution in [0.25, 0.3) is 87.2 Å². The number of hydrogen-bond acceptors (Lipinski definition) is 1. The van der Waals surface area contributed by atoms with E-state index in [1.54, 1.807) is 0 Å². The third-order valence-electron chi connectivity index (χ3n) is 11.2. The van der Waals surface area contributed by atoms with Crippen LogP contribution in [-0.2, 0) is 0 Å². The normalized spacial score (nSPS) is 16.2. The Bertz CT molecular complexity index is 2870. The van der Waals surface area contributed by atoms with E-state index in [1.165, 1.54) is 92.8 Å². The van der Waals surface area contributed by atoms with Gasteiger partial charge >= 0.3 is 0 Å². The van der Waals surface area contributed by atoms with E-state index in [4.69, 9.17) is 4.74 Å². The smallest absolute Gasteiger partial charge is 0.128 e. The molecule has 0 N–H and O–H groups in total. The highest BCUT2D eigenvalue weighted by Crippen LogP contribution is 2.47. The van der Waals surface area contributed by atoms with E-state index in [1.807, 2.05) is 0 Å². The topological polar surface area (TPSA) is 9.23 Å². The number of benzene rings is 9. The minimum atomic E-state index is 0.0866. The number of fused-ring (bicyclic) bond motifs is 11. The van der Waals surface area contributed by atoms with Crippen molar-refractivity contribution in [3.63, 3.8) is 0 Å². The first-order chi connectivity index (χ1) is 25.3. The first-order valence-corrected chi connectivity index (χ1v) is 17.8.